The fourth-order valence-corrected chi connectivity index (χ4v) is 3.22. The Hall–Kier alpha value is -0.630. The van der Waals surface area contributed by atoms with Gasteiger partial charge in [0, 0.05) is 5.41 Å². The molecule has 0 saturated heterocycles. The predicted molar refractivity (Wildman–Crippen MR) is 80.7 cm³/mol. The van der Waals surface area contributed by atoms with Gasteiger partial charge in [0.05, 0.1) is 6.61 Å². The number of benzene rings is 1. The number of aryl methyl sites for hydroxylation is 1. The van der Waals surface area contributed by atoms with Crippen LogP contribution >= 0.6 is 12.6 Å². The van der Waals surface area contributed by atoms with Crippen molar-refractivity contribution >= 4 is 12.6 Å². The van der Waals surface area contributed by atoms with Gasteiger partial charge in [0.15, 0.2) is 0 Å². The van der Waals surface area contributed by atoms with Gasteiger partial charge < -0.3 is 4.74 Å². The third kappa shape index (κ3) is 3.23. The summed E-state index contributed by atoms with van der Waals surface area (Å²) in [5.41, 5.74) is 1.62. The molecule has 0 heterocycles. The average Bonchev–Trinajstić information content (AvgIpc) is 2.46. The summed E-state index contributed by atoms with van der Waals surface area (Å²) in [6, 6.07) is 8.39. The normalized spacial score (nSPS) is 18.6. The summed E-state index contributed by atoms with van der Waals surface area (Å²) >= 11 is 4.56. The van der Waals surface area contributed by atoms with E-state index in [9.17, 15) is 0 Å². The van der Waals surface area contributed by atoms with Crippen LogP contribution in [0.5, 0.6) is 5.75 Å². The third-order valence-electron chi connectivity index (χ3n) is 4.14. The Balaban J connectivity index is 2.01. The number of hydrogen-bond donors (Lipinski definition) is 1. The van der Waals surface area contributed by atoms with Crippen molar-refractivity contribution in [2.24, 2.45) is 5.41 Å². The second kappa shape index (κ2) is 6.51. The largest absolute Gasteiger partial charge is 0.493 e. The molecule has 18 heavy (non-hydrogen) atoms. The summed E-state index contributed by atoms with van der Waals surface area (Å²) in [5, 5.41) is 0. The summed E-state index contributed by atoms with van der Waals surface area (Å²) in [4.78, 5) is 0. The average molecular weight is 264 g/mol. The number of rotatable bonds is 5. The monoisotopic (exact) mass is 264 g/mol. The quantitative estimate of drug-likeness (QED) is 0.770. The number of ether oxygens (including phenoxy) is 1. The fourth-order valence-electron chi connectivity index (χ4n) is 2.82. The SMILES string of the molecule is CCc1ccccc1OCC1(CS)CCCCC1. The molecular weight excluding hydrogens is 240 g/mol. The highest BCUT2D eigenvalue weighted by Crippen LogP contribution is 2.38. The number of para-hydroxylation sites is 1. The van der Waals surface area contributed by atoms with E-state index in [1.54, 1.807) is 0 Å². The lowest BCUT2D eigenvalue weighted by Gasteiger charge is -2.35. The van der Waals surface area contributed by atoms with Crippen LogP contribution in [0.3, 0.4) is 0 Å². The predicted octanol–water partition coefficient (Wildman–Crippen LogP) is 4.51. The van der Waals surface area contributed by atoms with Crippen LogP contribution in [0.25, 0.3) is 0 Å². The highest BCUT2D eigenvalue weighted by molar-refractivity contribution is 7.80. The molecular formula is C16H24OS. The maximum Gasteiger partial charge on any atom is 0.122 e. The molecule has 0 aliphatic heterocycles. The first kappa shape index (κ1) is 13.8. The molecule has 1 fully saturated rings. The summed E-state index contributed by atoms with van der Waals surface area (Å²) in [7, 11) is 0. The Morgan fingerprint density at radius 3 is 2.56 bits per heavy atom. The lowest BCUT2D eigenvalue weighted by atomic mass is 9.76. The van der Waals surface area contributed by atoms with Gasteiger partial charge in [-0.25, -0.2) is 0 Å². The first-order valence-corrected chi connectivity index (χ1v) is 7.74. The van der Waals surface area contributed by atoms with Gasteiger partial charge in [-0.3, -0.25) is 0 Å². The molecule has 2 heteroatoms. The third-order valence-corrected chi connectivity index (χ3v) is 4.81. The molecule has 1 aromatic rings. The van der Waals surface area contributed by atoms with Crippen molar-refractivity contribution in [3.05, 3.63) is 29.8 Å². The molecule has 0 bridgehead atoms. The first-order chi connectivity index (χ1) is 8.79. The summed E-state index contributed by atoms with van der Waals surface area (Å²) in [6.45, 7) is 3.00. The van der Waals surface area contributed by atoms with Crippen molar-refractivity contribution < 1.29 is 4.74 Å². The van der Waals surface area contributed by atoms with Crippen molar-refractivity contribution in [3.8, 4) is 5.75 Å². The van der Waals surface area contributed by atoms with Crippen LogP contribution < -0.4 is 4.74 Å². The van der Waals surface area contributed by atoms with Gasteiger partial charge in [-0.05, 0) is 36.6 Å². The number of hydrogen-bond acceptors (Lipinski definition) is 2. The van der Waals surface area contributed by atoms with E-state index in [-0.39, 0.29) is 0 Å². The number of thiol groups is 1. The van der Waals surface area contributed by atoms with Crippen LogP contribution in [0.1, 0.15) is 44.6 Å². The highest BCUT2D eigenvalue weighted by Gasteiger charge is 2.31. The molecule has 1 aliphatic rings. The fraction of sp³-hybridized carbons (Fsp3) is 0.625. The van der Waals surface area contributed by atoms with Crippen molar-refractivity contribution in [2.45, 2.75) is 45.4 Å². The minimum atomic E-state index is 0.308. The minimum Gasteiger partial charge on any atom is -0.493 e. The van der Waals surface area contributed by atoms with Crippen LogP contribution in [0.15, 0.2) is 24.3 Å². The van der Waals surface area contributed by atoms with E-state index < -0.39 is 0 Å². The van der Waals surface area contributed by atoms with Gasteiger partial charge in [0.1, 0.15) is 5.75 Å². The first-order valence-electron chi connectivity index (χ1n) is 7.11. The lowest BCUT2D eigenvalue weighted by molar-refractivity contribution is 0.120. The smallest absolute Gasteiger partial charge is 0.122 e. The topological polar surface area (TPSA) is 9.23 Å². The van der Waals surface area contributed by atoms with E-state index in [4.69, 9.17) is 4.74 Å². The molecule has 1 nitrogen and oxygen atoms in total. The maximum absolute atomic E-state index is 6.11. The molecule has 0 amide bonds. The Morgan fingerprint density at radius 1 is 1.17 bits per heavy atom. The molecule has 100 valence electrons. The van der Waals surface area contributed by atoms with Crippen molar-refractivity contribution in [1.82, 2.24) is 0 Å². The Bertz CT molecular complexity index is 369. The molecule has 0 spiro atoms. The molecule has 1 aliphatic carbocycles. The van der Waals surface area contributed by atoms with Crippen LogP contribution in [-0.2, 0) is 6.42 Å². The Kier molecular flexibility index (Phi) is 4.99. The molecule has 0 N–H and O–H groups in total. The Labute approximate surface area is 116 Å². The van der Waals surface area contributed by atoms with Crippen molar-refractivity contribution in [1.29, 1.82) is 0 Å². The zero-order valence-corrected chi connectivity index (χ0v) is 12.2. The van der Waals surface area contributed by atoms with Crippen molar-refractivity contribution in [3.63, 3.8) is 0 Å². The van der Waals surface area contributed by atoms with E-state index in [1.165, 1.54) is 37.7 Å². The zero-order valence-electron chi connectivity index (χ0n) is 11.3. The van der Waals surface area contributed by atoms with E-state index >= 15 is 0 Å². The summed E-state index contributed by atoms with van der Waals surface area (Å²) < 4.78 is 6.11. The van der Waals surface area contributed by atoms with E-state index in [2.05, 4.69) is 43.8 Å². The molecule has 1 aromatic carbocycles. The van der Waals surface area contributed by atoms with Crippen LogP contribution in [0.4, 0.5) is 0 Å². The summed E-state index contributed by atoms with van der Waals surface area (Å²) in [6.07, 6.45) is 7.61. The second-order valence-corrected chi connectivity index (χ2v) is 5.78. The molecule has 1 saturated carbocycles. The van der Waals surface area contributed by atoms with Crippen LogP contribution in [-0.4, -0.2) is 12.4 Å². The van der Waals surface area contributed by atoms with Gasteiger partial charge in [-0.1, -0.05) is 44.4 Å². The molecule has 0 aromatic heterocycles. The standard InChI is InChI=1S/C16H24OS/c1-2-14-8-4-5-9-15(14)17-12-16(13-18)10-6-3-7-11-16/h4-5,8-9,18H,2-3,6-7,10-13H2,1H3. The summed E-state index contributed by atoms with van der Waals surface area (Å²) in [5.74, 6) is 2.01. The van der Waals surface area contributed by atoms with E-state index in [1.807, 2.05) is 0 Å². The minimum absolute atomic E-state index is 0.308. The molecule has 0 atom stereocenters. The zero-order chi connectivity index (χ0) is 12.8. The van der Waals surface area contributed by atoms with Crippen LogP contribution in [0, 0.1) is 5.41 Å². The second-order valence-electron chi connectivity index (χ2n) is 5.47. The maximum atomic E-state index is 6.11. The van der Waals surface area contributed by atoms with Gasteiger partial charge in [0.2, 0.25) is 0 Å². The highest BCUT2D eigenvalue weighted by atomic mass is 32.1. The lowest BCUT2D eigenvalue weighted by Crippen LogP contribution is -2.33. The van der Waals surface area contributed by atoms with Crippen molar-refractivity contribution in [2.75, 3.05) is 12.4 Å². The van der Waals surface area contributed by atoms with Gasteiger partial charge in [-0.2, -0.15) is 12.6 Å². The van der Waals surface area contributed by atoms with Crippen LogP contribution in [0.2, 0.25) is 0 Å². The molecule has 2 rings (SSSR count). The molecule has 0 radical (unpaired) electrons. The Morgan fingerprint density at radius 2 is 1.89 bits per heavy atom. The van der Waals surface area contributed by atoms with E-state index in [0.29, 0.717) is 5.41 Å². The van der Waals surface area contributed by atoms with E-state index in [0.717, 1.165) is 24.5 Å². The van der Waals surface area contributed by atoms with Gasteiger partial charge in [0.25, 0.3) is 0 Å². The van der Waals surface area contributed by atoms with Gasteiger partial charge in [-0.15, -0.1) is 0 Å². The van der Waals surface area contributed by atoms with Gasteiger partial charge >= 0.3 is 0 Å². The molecule has 0 unspecified atom stereocenters.